The van der Waals surface area contributed by atoms with Gasteiger partial charge in [-0.15, -0.1) is 0 Å². The lowest BCUT2D eigenvalue weighted by atomic mass is 10.1. The van der Waals surface area contributed by atoms with E-state index in [0.717, 1.165) is 5.56 Å². The molecule has 0 aliphatic rings. The second kappa shape index (κ2) is 6.67. The van der Waals surface area contributed by atoms with E-state index in [0.29, 0.717) is 11.6 Å². The zero-order chi connectivity index (χ0) is 12.0. The Morgan fingerprint density at radius 2 is 1.93 bits per heavy atom. The fourth-order valence-corrected chi connectivity index (χ4v) is 1.50. The number of hydrogen-bond donors (Lipinski definition) is 0. The maximum Gasteiger partial charge on any atom is 0.254 e. The van der Waals surface area contributed by atoms with E-state index >= 15 is 0 Å². The minimum atomic E-state index is 0.0712. The molecule has 0 radical (unpaired) electrons. The zero-order valence-corrected chi connectivity index (χ0v) is 10.9. The Kier molecular flexibility index (Phi) is 6.34. The van der Waals surface area contributed by atoms with E-state index in [9.17, 15) is 4.79 Å². The van der Waals surface area contributed by atoms with E-state index in [-0.39, 0.29) is 11.5 Å². The molecule has 0 saturated heterocycles. The first kappa shape index (κ1) is 14.2. The van der Waals surface area contributed by atoms with Gasteiger partial charge in [0, 0.05) is 18.3 Å². The molecule has 15 heavy (non-hydrogen) atoms. The highest BCUT2D eigenvalue weighted by molar-refractivity contribution is 6.30. The Hall–Kier alpha value is -0.760. The molecule has 0 bridgehead atoms. The summed E-state index contributed by atoms with van der Waals surface area (Å²) in [5, 5.41) is 0.630. The molecule has 0 amide bonds. The summed E-state index contributed by atoms with van der Waals surface area (Å²) in [6.07, 6.45) is 1.68. The highest BCUT2D eigenvalue weighted by atomic mass is 35.5. The van der Waals surface area contributed by atoms with Crippen LogP contribution in [0.4, 0.5) is 0 Å². The summed E-state index contributed by atoms with van der Waals surface area (Å²) in [5.74, 6) is 0.226. The maximum absolute atomic E-state index is 11.7. The molecule has 1 heterocycles. The molecule has 0 saturated carbocycles. The average Bonchev–Trinajstić information content (AvgIpc) is 2.23. The number of aryl methyl sites for hydroxylation is 1. The molecule has 1 aromatic heterocycles. The van der Waals surface area contributed by atoms with E-state index in [1.54, 1.807) is 16.8 Å². The van der Waals surface area contributed by atoms with E-state index in [1.165, 1.54) is 0 Å². The third-order valence-electron chi connectivity index (χ3n) is 2.04. The maximum atomic E-state index is 11.7. The summed E-state index contributed by atoms with van der Waals surface area (Å²) in [6, 6.07) is 1.75. The quantitative estimate of drug-likeness (QED) is 0.759. The molecule has 0 spiro atoms. The van der Waals surface area contributed by atoms with E-state index in [4.69, 9.17) is 11.6 Å². The Balaban J connectivity index is 0.000000921. The summed E-state index contributed by atoms with van der Waals surface area (Å²) < 4.78 is 1.64. The smallest absolute Gasteiger partial charge is 0.254 e. The van der Waals surface area contributed by atoms with E-state index in [1.807, 2.05) is 34.6 Å². The minimum Gasteiger partial charge on any atom is -0.314 e. The Bertz CT molecular complexity index is 355. The van der Waals surface area contributed by atoms with Gasteiger partial charge in [0.1, 0.15) is 0 Å². The monoisotopic (exact) mass is 229 g/mol. The zero-order valence-electron chi connectivity index (χ0n) is 10.2. The number of hydrogen-bond acceptors (Lipinski definition) is 1. The fraction of sp³-hybridized carbons (Fsp3) is 0.583. The molecule has 0 N–H and O–H groups in total. The van der Waals surface area contributed by atoms with Crippen molar-refractivity contribution in [2.24, 2.45) is 0 Å². The first-order valence-corrected chi connectivity index (χ1v) is 5.84. The number of aromatic nitrogens is 1. The highest BCUT2D eigenvalue weighted by Gasteiger charge is 2.07. The molecule has 0 fully saturated rings. The van der Waals surface area contributed by atoms with Crippen LogP contribution in [-0.2, 0) is 6.54 Å². The second-order valence-electron chi connectivity index (χ2n) is 3.36. The van der Waals surface area contributed by atoms with Crippen LogP contribution < -0.4 is 5.56 Å². The van der Waals surface area contributed by atoms with Gasteiger partial charge < -0.3 is 4.57 Å². The molecule has 0 aliphatic carbocycles. The van der Waals surface area contributed by atoms with Gasteiger partial charge in [-0.2, -0.15) is 0 Å². The van der Waals surface area contributed by atoms with Crippen molar-refractivity contribution in [3.63, 3.8) is 0 Å². The number of rotatable bonds is 2. The number of pyridine rings is 1. The van der Waals surface area contributed by atoms with Gasteiger partial charge in [0.2, 0.25) is 0 Å². The van der Waals surface area contributed by atoms with Crippen molar-refractivity contribution in [1.29, 1.82) is 0 Å². The van der Waals surface area contributed by atoms with Crippen molar-refractivity contribution in [2.75, 3.05) is 0 Å². The van der Waals surface area contributed by atoms with Crippen LogP contribution in [0.5, 0.6) is 0 Å². The SMILES string of the molecule is CC.CCn1cc(Cl)cc(C(C)C)c1=O. The third-order valence-corrected chi connectivity index (χ3v) is 2.25. The fourth-order valence-electron chi connectivity index (χ4n) is 1.27. The topological polar surface area (TPSA) is 22.0 Å². The molecule has 0 aliphatic heterocycles. The van der Waals surface area contributed by atoms with Gasteiger partial charge in [-0.3, -0.25) is 4.79 Å². The molecule has 0 unspecified atom stereocenters. The largest absolute Gasteiger partial charge is 0.314 e. The van der Waals surface area contributed by atoms with Crippen molar-refractivity contribution in [2.45, 2.75) is 47.1 Å². The van der Waals surface area contributed by atoms with Crippen LogP contribution in [0, 0.1) is 0 Å². The van der Waals surface area contributed by atoms with Crippen LogP contribution in [0.15, 0.2) is 17.1 Å². The van der Waals surface area contributed by atoms with Gasteiger partial charge in [0.15, 0.2) is 0 Å². The van der Waals surface area contributed by atoms with Gasteiger partial charge in [-0.25, -0.2) is 0 Å². The lowest BCUT2D eigenvalue weighted by Gasteiger charge is -2.09. The summed E-state index contributed by atoms with van der Waals surface area (Å²) in [7, 11) is 0. The predicted molar refractivity (Wildman–Crippen MR) is 66.8 cm³/mol. The van der Waals surface area contributed by atoms with Crippen LogP contribution in [0.1, 0.15) is 46.1 Å². The van der Waals surface area contributed by atoms with Crippen molar-refractivity contribution >= 4 is 11.6 Å². The Labute approximate surface area is 96.9 Å². The molecule has 1 rings (SSSR count). The van der Waals surface area contributed by atoms with Gasteiger partial charge in [-0.05, 0) is 18.9 Å². The van der Waals surface area contributed by atoms with Crippen LogP contribution in [0.25, 0.3) is 0 Å². The molecule has 2 nitrogen and oxygen atoms in total. The lowest BCUT2D eigenvalue weighted by Crippen LogP contribution is -2.23. The molecule has 0 aromatic carbocycles. The van der Waals surface area contributed by atoms with Gasteiger partial charge >= 0.3 is 0 Å². The first-order chi connectivity index (χ1) is 7.06. The summed E-state index contributed by atoms with van der Waals surface area (Å²) in [6.45, 7) is 10.6. The standard InChI is InChI=1S/C10H14ClNO.C2H6/c1-4-12-6-8(11)5-9(7(2)3)10(12)13;1-2/h5-7H,4H2,1-3H3;1-2H3. The van der Waals surface area contributed by atoms with Gasteiger partial charge in [0.05, 0.1) is 5.02 Å². The third kappa shape index (κ3) is 3.71. The molecule has 1 aromatic rings. The summed E-state index contributed by atoms with van der Waals surface area (Å²) in [5.41, 5.74) is 0.858. The predicted octanol–water partition coefficient (Wildman–Crippen LogP) is 3.67. The van der Waals surface area contributed by atoms with Crippen LogP contribution in [0.2, 0.25) is 5.02 Å². The first-order valence-electron chi connectivity index (χ1n) is 5.46. The van der Waals surface area contributed by atoms with Gasteiger partial charge in [-0.1, -0.05) is 39.3 Å². The van der Waals surface area contributed by atoms with Crippen LogP contribution in [0.3, 0.4) is 0 Å². The van der Waals surface area contributed by atoms with E-state index in [2.05, 4.69) is 0 Å². The normalized spacial score (nSPS) is 9.80. The minimum absolute atomic E-state index is 0.0712. The Morgan fingerprint density at radius 3 is 2.33 bits per heavy atom. The Morgan fingerprint density at radius 1 is 1.40 bits per heavy atom. The molecular weight excluding hydrogens is 210 g/mol. The highest BCUT2D eigenvalue weighted by Crippen LogP contribution is 2.14. The van der Waals surface area contributed by atoms with Crippen LogP contribution in [-0.4, -0.2) is 4.57 Å². The molecular formula is C12H20ClNO. The number of halogens is 1. The average molecular weight is 230 g/mol. The molecule has 86 valence electrons. The van der Waals surface area contributed by atoms with Crippen molar-refractivity contribution < 1.29 is 0 Å². The summed E-state index contributed by atoms with van der Waals surface area (Å²) >= 11 is 5.89. The lowest BCUT2D eigenvalue weighted by molar-refractivity contribution is 0.700. The molecule has 0 atom stereocenters. The second-order valence-corrected chi connectivity index (χ2v) is 3.80. The van der Waals surface area contributed by atoms with Crippen molar-refractivity contribution in [3.8, 4) is 0 Å². The van der Waals surface area contributed by atoms with Crippen molar-refractivity contribution in [1.82, 2.24) is 4.57 Å². The van der Waals surface area contributed by atoms with E-state index < -0.39 is 0 Å². The summed E-state index contributed by atoms with van der Waals surface area (Å²) in [4.78, 5) is 11.7. The van der Waals surface area contributed by atoms with Gasteiger partial charge in [0.25, 0.3) is 5.56 Å². The van der Waals surface area contributed by atoms with Crippen LogP contribution >= 0.6 is 11.6 Å². The number of nitrogens with zero attached hydrogens (tertiary/aromatic N) is 1. The van der Waals surface area contributed by atoms with Crippen molar-refractivity contribution in [3.05, 3.63) is 33.2 Å². The molecule has 3 heteroatoms.